The second-order valence-electron chi connectivity index (χ2n) is 7.75. The van der Waals surface area contributed by atoms with E-state index in [9.17, 15) is 9.18 Å². The molecule has 1 heterocycles. The van der Waals surface area contributed by atoms with Crippen LogP contribution in [0.2, 0.25) is 0 Å². The minimum Gasteiger partial charge on any atom is -0.488 e. The van der Waals surface area contributed by atoms with Crippen LogP contribution >= 0.6 is 22.6 Å². The van der Waals surface area contributed by atoms with Crippen LogP contribution in [0.1, 0.15) is 11.1 Å². The van der Waals surface area contributed by atoms with Crippen LogP contribution in [-0.4, -0.2) is 15.9 Å². The summed E-state index contributed by atoms with van der Waals surface area (Å²) >= 11 is 2.16. The quantitative estimate of drug-likeness (QED) is 0.177. The lowest BCUT2D eigenvalue weighted by molar-refractivity contribution is 0.297. The molecular formula is C28H19FIN3O2. The molecule has 5 rings (SSSR count). The number of nitrogens with zero attached hydrogens (tertiary/aromatic N) is 3. The number of fused-ring (bicyclic) bond motifs is 1. The number of hydrogen-bond donors (Lipinski definition) is 0. The molecule has 0 atom stereocenters. The third-order valence-electron chi connectivity index (χ3n) is 5.41. The smallest absolute Gasteiger partial charge is 0.282 e. The lowest BCUT2D eigenvalue weighted by Crippen LogP contribution is -2.20. The summed E-state index contributed by atoms with van der Waals surface area (Å²) in [7, 11) is 0. The standard InChI is InChI=1S/C28H19FIN3O2/c29-23-12-6-4-10-21(23)18-35-26-15-14-19(16-24(26)30)17-31-33-27(20-8-2-1-3-9-20)32-25-13-7-5-11-22(25)28(33)34/h1-17H,18H2. The fourth-order valence-corrected chi connectivity index (χ4v) is 4.31. The van der Waals surface area contributed by atoms with E-state index in [-0.39, 0.29) is 18.0 Å². The Morgan fingerprint density at radius 2 is 1.69 bits per heavy atom. The fraction of sp³-hybridized carbons (Fsp3) is 0.0357. The zero-order valence-corrected chi connectivity index (χ0v) is 20.6. The highest BCUT2D eigenvalue weighted by atomic mass is 127. The number of aromatic nitrogens is 2. The first-order valence-corrected chi connectivity index (χ1v) is 12.0. The lowest BCUT2D eigenvalue weighted by Gasteiger charge is -2.10. The number of rotatable bonds is 6. The molecule has 0 amide bonds. The molecule has 0 radical (unpaired) electrons. The Balaban J connectivity index is 1.46. The van der Waals surface area contributed by atoms with Crippen molar-refractivity contribution in [3.05, 3.63) is 128 Å². The van der Waals surface area contributed by atoms with Gasteiger partial charge in [-0.05, 0) is 64.6 Å². The molecule has 7 heteroatoms. The lowest BCUT2D eigenvalue weighted by atomic mass is 10.2. The average molecular weight is 575 g/mol. The van der Waals surface area contributed by atoms with Gasteiger partial charge in [0.25, 0.3) is 5.56 Å². The third kappa shape index (κ3) is 5.00. The van der Waals surface area contributed by atoms with E-state index in [1.165, 1.54) is 10.7 Å². The van der Waals surface area contributed by atoms with Gasteiger partial charge in [0.05, 0.1) is 20.7 Å². The second kappa shape index (κ2) is 10.2. The first-order valence-electron chi connectivity index (χ1n) is 10.9. The topological polar surface area (TPSA) is 56.5 Å². The van der Waals surface area contributed by atoms with Crippen molar-refractivity contribution < 1.29 is 9.13 Å². The van der Waals surface area contributed by atoms with E-state index in [0.717, 1.165) is 14.7 Å². The summed E-state index contributed by atoms with van der Waals surface area (Å²) in [5.74, 6) is 0.806. The molecule has 4 aromatic carbocycles. The molecule has 0 saturated carbocycles. The number of hydrogen-bond acceptors (Lipinski definition) is 4. The van der Waals surface area contributed by atoms with Crippen molar-refractivity contribution in [1.29, 1.82) is 0 Å². The fourth-order valence-electron chi connectivity index (χ4n) is 3.61. The predicted molar refractivity (Wildman–Crippen MR) is 144 cm³/mol. The van der Waals surface area contributed by atoms with Crippen LogP contribution in [0.5, 0.6) is 5.75 Å². The van der Waals surface area contributed by atoms with Crippen molar-refractivity contribution in [2.75, 3.05) is 0 Å². The minimum absolute atomic E-state index is 0.134. The van der Waals surface area contributed by atoms with E-state index in [1.807, 2.05) is 66.7 Å². The molecule has 5 aromatic rings. The molecule has 0 fully saturated rings. The van der Waals surface area contributed by atoms with Crippen LogP contribution in [-0.2, 0) is 6.61 Å². The van der Waals surface area contributed by atoms with Crippen LogP contribution in [0, 0.1) is 9.39 Å². The van der Waals surface area contributed by atoms with Gasteiger partial charge in [-0.2, -0.15) is 9.78 Å². The normalized spacial score (nSPS) is 11.3. The van der Waals surface area contributed by atoms with Crippen LogP contribution in [0.25, 0.3) is 22.3 Å². The van der Waals surface area contributed by atoms with Crippen LogP contribution in [0.3, 0.4) is 0 Å². The maximum absolute atomic E-state index is 13.9. The van der Waals surface area contributed by atoms with E-state index in [4.69, 9.17) is 9.72 Å². The molecule has 35 heavy (non-hydrogen) atoms. The van der Waals surface area contributed by atoms with Gasteiger partial charge in [0, 0.05) is 11.1 Å². The van der Waals surface area contributed by atoms with Crippen molar-refractivity contribution in [2.24, 2.45) is 5.10 Å². The van der Waals surface area contributed by atoms with Crippen molar-refractivity contribution in [1.82, 2.24) is 9.66 Å². The summed E-state index contributed by atoms with van der Waals surface area (Å²) in [5.41, 5.74) is 2.44. The van der Waals surface area contributed by atoms with E-state index < -0.39 is 0 Å². The maximum Gasteiger partial charge on any atom is 0.282 e. The van der Waals surface area contributed by atoms with Gasteiger partial charge in [-0.15, -0.1) is 0 Å². The Morgan fingerprint density at radius 1 is 0.943 bits per heavy atom. The molecule has 0 aliphatic rings. The van der Waals surface area contributed by atoms with Gasteiger partial charge in [-0.25, -0.2) is 9.37 Å². The van der Waals surface area contributed by atoms with Crippen LogP contribution in [0.15, 0.2) is 107 Å². The van der Waals surface area contributed by atoms with Gasteiger partial charge in [0.15, 0.2) is 5.82 Å². The third-order valence-corrected chi connectivity index (χ3v) is 6.25. The van der Waals surface area contributed by atoms with E-state index >= 15 is 0 Å². The Labute approximate surface area is 214 Å². The Bertz CT molecular complexity index is 1600. The first kappa shape index (κ1) is 22.9. The number of ether oxygens (including phenoxy) is 1. The molecule has 0 N–H and O–H groups in total. The highest BCUT2D eigenvalue weighted by molar-refractivity contribution is 14.1. The van der Waals surface area contributed by atoms with Gasteiger partial charge < -0.3 is 4.74 Å². The van der Waals surface area contributed by atoms with Gasteiger partial charge in [0.1, 0.15) is 18.2 Å². The Kier molecular flexibility index (Phi) is 6.67. The summed E-state index contributed by atoms with van der Waals surface area (Å²) in [6, 6.07) is 28.8. The summed E-state index contributed by atoms with van der Waals surface area (Å²) < 4.78 is 21.8. The van der Waals surface area contributed by atoms with Crippen LogP contribution < -0.4 is 10.3 Å². The van der Waals surface area contributed by atoms with E-state index in [1.54, 1.807) is 30.5 Å². The number of para-hydroxylation sites is 1. The van der Waals surface area contributed by atoms with Crippen molar-refractivity contribution in [3.8, 4) is 17.1 Å². The number of benzene rings is 4. The van der Waals surface area contributed by atoms with Crippen molar-refractivity contribution in [3.63, 3.8) is 0 Å². The Hall–Kier alpha value is -3.85. The van der Waals surface area contributed by atoms with Gasteiger partial charge in [-0.1, -0.05) is 60.7 Å². The zero-order chi connectivity index (χ0) is 24.2. The minimum atomic E-state index is -0.296. The molecule has 1 aromatic heterocycles. The van der Waals surface area contributed by atoms with E-state index in [0.29, 0.717) is 28.0 Å². The Morgan fingerprint density at radius 3 is 2.49 bits per heavy atom. The van der Waals surface area contributed by atoms with Crippen molar-refractivity contribution in [2.45, 2.75) is 6.61 Å². The summed E-state index contributed by atoms with van der Waals surface area (Å²) in [6.45, 7) is 0.134. The molecule has 5 nitrogen and oxygen atoms in total. The SMILES string of the molecule is O=c1c2ccccc2nc(-c2ccccc2)n1N=Cc1ccc(OCc2ccccc2F)c(I)c1. The van der Waals surface area contributed by atoms with Gasteiger partial charge in [-0.3, -0.25) is 4.79 Å². The highest BCUT2D eigenvalue weighted by Crippen LogP contribution is 2.24. The maximum atomic E-state index is 13.9. The molecule has 0 saturated heterocycles. The number of halogens is 2. The van der Waals surface area contributed by atoms with Gasteiger partial charge in [0.2, 0.25) is 0 Å². The second-order valence-corrected chi connectivity index (χ2v) is 8.91. The largest absolute Gasteiger partial charge is 0.488 e. The van der Waals surface area contributed by atoms with Crippen molar-refractivity contribution >= 4 is 39.7 Å². The molecule has 0 spiro atoms. The van der Waals surface area contributed by atoms with Gasteiger partial charge >= 0.3 is 0 Å². The predicted octanol–water partition coefficient (Wildman–Crippen LogP) is 6.27. The molecule has 0 bridgehead atoms. The summed E-state index contributed by atoms with van der Waals surface area (Å²) in [5, 5.41) is 5.00. The zero-order valence-electron chi connectivity index (χ0n) is 18.4. The molecule has 172 valence electrons. The highest BCUT2D eigenvalue weighted by Gasteiger charge is 2.12. The van der Waals surface area contributed by atoms with Crippen LogP contribution in [0.4, 0.5) is 4.39 Å². The first-order chi connectivity index (χ1) is 17.1. The van der Waals surface area contributed by atoms with E-state index in [2.05, 4.69) is 27.7 Å². The molecular weight excluding hydrogens is 556 g/mol. The summed E-state index contributed by atoms with van der Waals surface area (Å²) in [6.07, 6.45) is 1.62. The monoisotopic (exact) mass is 575 g/mol. The summed E-state index contributed by atoms with van der Waals surface area (Å²) in [4.78, 5) is 18.0. The molecule has 0 unspecified atom stereocenters. The molecule has 0 aliphatic heterocycles. The average Bonchev–Trinajstić information content (AvgIpc) is 2.89. The molecule has 0 aliphatic carbocycles.